The van der Waals surface area contributed by atoms with E-state index in [9.17, 15) is 22.8 Å². The van der Waals surface area contributed by atoms with E-state index in [0.717, 1.165) is 28.5 Å². The summed E-state index contributed by atoms with van der Waals surface area (Å²) < 4.78 is 41.9. The van der Waals surface area contributed by atoms with E-state index in [1.807, 2.05) is 0 Å². The average Bonchev–Trinajstić information content (AvgIpc) is 2.73. The van der Waals surface area contributed by atoms with E-state index in [2.05, 4.69) is 4.98 Å². The number of aromatic nitrogens is 2. The van der Waals surface area contributed by atoms with E-state index >= 15 is 0 Å². The molecule has 150 valence electrons. The fourth-order valence-corrected chi connectivity index (χ4v) is 3.83. The van der Waals surface area contributed by atoms with Crippen molar-refractivity contribution in [2.45, 2.75) is 5.16 Å². The Labute approximate surface area is 173 Å². The first kappa shape index (κ1) is 19.9. The molecule has 0 aliphatic carbocycles. The molecule has 3 aromatic carbocycles. The van der Waals surface area contributed by atoms with Gasteiger partial charge in [-0.25, -0.2) is 18.2 Å². The van der Waals surface area contributed by atoms with Gasteiger partial charge in [0, 0.05) is 11.6 Å². The zero-order valence-corrected chi connectivity index (χ0v) is 16.1. The number of rotatable bonds is 5. The fourth-order valence-electron chi connectivity index (χ4n) is 2.93. The Hall–Kier alpha value is -3.39. The minimum absolute atomic E-state index is 0.0830. The van der Waals surface area contributed by atoms with E-state index in [-0.39, 0.29) is 27.8 Å². The average molecular weight is 426 g/mol. The second-order valence-electron chi connectivity index (χ2n) is 6.37. The van der Waals surface area contributed by atoms with Crippen molar-refractivity contribution in [1.82, 2.24) is 9.55 Å². The topological polar surface area (TPSA) is 52.0 Å². The molecule has 4 nitrogen and oxygen atoms in total. The molecule has 4 aromatic rings. The van der Waals surface area contributed by atoms with Gasteiger partial charge in [0.15, 0.2) is 10.9 Å². The molecule has 1 aromatic heterocycles. The van der Waals surface area contributed by atoms with E-state index in [1.165, 1.54) is 24.3 Å². The van der Waals surface area contributed by atoms with Crippen molar-refractivity contribution in [3.05, 3.63) is 100 Å². The van der Waals surface area contributed by atoms with Gasteiger partial charge in [-0.3, -0.25) is 14.2 Å². The zero-order valence-electron chi connectivity index (χ0n) is 15.3. The third-order valence-corrected chi connectivity index (χ3v) is 5.33. The Bertz CT molecular complexity index is 1320. The molecule has 0 amide bonds. The van der Waals surface area contributed by atoms with Crippen LogP contribution in [0.25, 0.3) is 16.6 Å². The molecule has 0 aliphatic heterocycles. The maximum absolute atomic E-state index is 14.5. The van der Waals surface area contributed by atoms with Crippen LogP contribution in [-0.2, 0) is 0 Å². The Morgan fingerprint density at radius 1 is 0.933 bits per heavy atom. The molecule has 8 heteroatoms. The largest absolute Gasteiger partial charge is 0.293 e. The van der Waals surface area contributed by atoms with Crippen LogP contribution in [0.15, 0.2) is 76.7 Å². The molecule has 4 rings (SSSR count). The lowest BCUT2D eigenvalue weighted by Gasteiger charge is -2.13. The number of para-hydroxylation sites is 1. The van der Waals surface area contributed by atoms with Crippen molar-refractivity contribution in [3.8, 4) is 5.69 Å². The van der Waals surface area contributed by atoms with Gasteiger partial charge in [-0.15, -0.1) is 0 Å². The number of carbonyl (C=O) groups excluding carboxylic acids is 1. The van der Waals surface area contributed by atoms with Crippen LogP contribution < -0.4 is 5.56 Å². The molecule has 0 fully saturated rings. The highest BCUT2D eigenvalue weighted by atomic mass is 32.2. The first-order valence-corrected chi connectivity index (χ1v) is 9.81. The third kappa shape index (κ3) is 3.86. The maximum Gasteiger partial charge on any atom is 0.266 e. The van der Waals surface area contributed by atoms with Crippen LogP contribution >= 0.6 is 11.8 Å². The molecule has 1 heterocycles. The minimum atomic E-state index is -0.930. The molecule has 0 aliphatic rings. The van der Waals surface area contributed by atoms with Gasteiger partial charge in [-0.2, -0.15) is 0 Å². The summed E-state index contributed by atoms with van der Waals surface area (Å²) in [7, 11) is 0. The molecule has 0 bridgehead atoms. The number of hydrogen-bond acceptors (Lipinski definition) is 4. The summed E-state index contributed by atoms with van der Waals surface area (Å²) in [5.41, 5.74) is -0.0243. The lowest BCUT2D eigenvalue weighted by atomic mass is 10.1. The Morgan fingerprint density at radius 3 is 2.37 bits per heavy atom. The predicted molar refractivity (Wildman–Crippen MR) is 109 cm³/mol. The molecule has 30 heavy (non-hydrogen) atoms. The highest BCUT2D eigenvalue weighted by Gasteiger charge is 2.18. The number of ketones is 1. The highest BCUT2D eigenvalue weighted by Crippen LogP contribution is 2.24. The molecule has 0 unspecified atom stereocenters. The summed E-state index contributed by atoms with van der Waals surface area (Å²) >= 11 is 0.939. The zero-order chi connectivity index (χ0) is 21.3. The summed E-state index contributed by atoms with van der Waals surface area (Å²) in [6, 6.07) is 14.5. The lowest BCUT2D eigenvalue weighted by molar-refractivity contribution is 0.102. The number of benzene rings is 3. The van der Waals surface area contributed by atoms with Crippen molar-refractivity contribution in [2.75, 3.05) is 5.75 Å². The summed E-state index contributed by atoms with van der Waals surface area (Å²) in [6.45, 7) is 0. The van der Waals surface area contributed by atoms with Crippen LogP contribution in [0.2, 0.25) is 0 Å². The molecule has 0 spiro atoms. The summed E-state index contributed by atoms with van der Waals surface area (Å²) in [5, 5.41) is 0.343. The van der Waals surface area contributed by atoms with Crippen molar-refractivity contribution in [2.24, 2.45) is 0 Å². The van der Waals surface area contributed by atoms with Crippen molar-refractivity contribution >= 4 is 28.4 Å². The van der Waals surface area contributed by atoms with E-state index < -0.39 is 23.0 Å². The number of fused-ring (bicyclic) bond motifs is 1. The van der Waals surface area contributed by atoms with Gasteiger partial charge in [0.05, 0.1) is 22.3 Å². The van der Waals surface area contributed by atoms with Gasteiger partial charge >= 0.3 is 0 Å². The Balaban J connectivity index is 1.78. The molecular formula is C22H13F3N2O2S. The van der Waals surface area contributed by atoms with Gasteiger partial charge in [-0.1, -0.05) is 23.9 Å². The van der Waals surface area contributed by atoms with Gasteiger partial charge in [0.1, 0.15) is 17.5 Å². The molecule has 0 saturated carbocycles. The SMILES string of the molecule is O=C(CSc1nc2ccccc2c(=O)n1-c1ccc(F)cc1F)c1ccc(F)cc1. The molecule has 0 N–H and O–H groups in total. The second-order valence-corrected chi connectivity index (χ2v) is 7.31. The molecule has 0 atom stereocenters. The van der Waals surface area contributed by atoms with Crippen molar-refractivity contribution in [3.63, 3.8) is 0 Å². The number of carbonyl (C=O) groups is 1. The van der Waals surface area contributed by atoms with Gasteiger partial charge < -0.3 is 0 Å². The first-order valence-electron chi connectivity index (χ1n) is 8.83. The first-order chi connectivity index (χ1) is 14.4. The maximum atomic E-state index is 14.5. The quantitative estimate of drug-likeness (QED) is 0.262. The Morgan fingerprint density at radius 2 is 1.63 bits per heavy atom. The number of thioether (sulfide) groups is 1. The smallest absolute Gasteiger partial charge is 0.266 e. The molecule has 0 saturated heterocycles. The standard InChI is InChI=1S/C22H13F3N2O2S/c23-14-7-5-13(6-8-14)20(28)12-30-22-26-18-4-2-1-3-16(18)21(29)27(22)19-10-9-15(24)11-17(19)25/h1-11H,12H2. The van der Waals surface area contributed by atoms with Gasteiger partial charge in [0.2, 0.25) is 0 Å². The third-order valence-electron chi connectivity index (χ3n) is 4.39. The predicted octanol–water partition coefficient (Wildman–Crippen LogP) is 4.78. The monoisotopic (exact) mass is 426 g/mol. The minimum Gasteiger partial charge on any atom is -0.293 e. The van der Waals surface area contributed by atoms with E-state index in [4.69, 9.17) is 0 Å². The van der Waals surface area contributed by atoms with Crippen LogP contribution in [0.3, 0.4) is 0 Å². The summed E-state index contributed by atoms with van der Waals surface area (Å²) in [5.74, 6) is -2.59. The lowest BCUT2D eigenvalue weighted by Crippen LogP contribution is -2.23. The molecule has 0 radical (unpaired) electrons. The number of hydrogen-bond donors (Lipinski definition) is 0. The van der Waals surface area contributed by atoms with Crippen LogP contribution in [0.4, 0.5) is 13.2 Å². The summed E-state index contributed by atoms with van der Waals surface area (Å²) in [6.07, 6.45) is 0. The normalized spacial score (nSPS) is 11.0. The van der Waals surface area contributed by atoms with Crippen molar-refractivity contribution < 1.29 is 18.0 Å². The number of nitrogens with zero attached hydrogens (tertiary/aromatic N) is 2. The second kappa shape index (κ2) is 8.16. The van der Waals surface area contributed by atoms with Gasteiger partial charge in [-0.05, 0) is 48.5 Å². The Kier molecular flexibility index (Phi) is 5.41. The van der Waals surface area contributed by atoms with Crippen molar-refractivity contribution in [1.29, 1.82) is 0 Å². The highest BCUT2D eigenvalue weighted by molar-refractivity contribution is 7.99. The van der Waals surface area contributed by atoms with E-state index in [0.29, 0.717) is 17.1 Å². The van der Waals surface area contributed by atoms with Gasteiger partial charge in [0.25, 0.3) is 5.56 Å². The van der Waals surface area contributed by atoms with Crippen LogP contribution in [0, 0.1) is 17.5 Å². The number of Topliss-reactive ketones (excluding diaryl/α,β-unsaturated/α-hetero) is 1. The fraction of sp³-hybridized carbons (Fsp3) is 0.0455. The number of halogens is 3. The summed E-state index contributed by atoms with van der Waals surface area (Å²) in [4.78, 5) is 29.9. The van der Waals surface area contributed by atoms with Crippen LogP contribution in [0.1, 0.15) is 10.4 Å². The van der Waals surface area contributed by atoms with Crippen LogP contribution in [-0.4, -0.2) is 21.1 Å². The van der Waals surface area contributed by atoms with E-state index in [1.54, 1.807) is 24.3 Å². The molecular weight excluding hydrogens is 413 g/mol. The van der Waals surface area contributed by atoms with Crippen LogP contribution in [0.5, 0.6) is 0 Å².